The van der Waals surface area contributed by atoms with Crippen LogP contribution >= 0.6 is 0 Å². The number of methoxy groups -OCH3 is 1. The topological polar surface area (TPSA) is 102 Å². The van der Waals surface area contributed by atoms with Crippen LogP contribution in [0.15, 0.2) is 29.2 Å². The van der Waals surface area contributed by atoms with E-state index >= 15 is 0 Å². The van der Waals surface area contributed by atoms with Crippen molar-refractivity contribution in [1.82, 2.24) is 9.62 Å². The zero-order valence-electron chi connectivity index (χ0n) is 10.4. The summed E-state index contributed by atoms with van der Waals surface area (Å²) in [5, 5.41) is 0. The molecule has 7 nitrogen and oxygen atoms in total. The number of ether oxygens (including phenoxy) is 1. The molecule has 3 N–H and O–H groups in total. The molecule has 1 aromatic carbocycles. The third kappa shape index (κ3) is 2.96. The molecule has 0 bridgehead atoms. The fourth-order valence-electron chi connectivity index (χ4n) is 1.78. The minimum Gasteiger partial charge on any atom is -0.497 e. The van der Waals surface area contributed by atoms with E-state index in [2.05, 4.69) is 4.72 Å². The van der Waals surface area contributed by atoms with Crippen molar-refractivity contribution in [2.75, 3.05) is 20.2 Å². The number of carbonyl (C=O) groups excluding carboxylic acids is 1. The molecule has 1 aromatic rings. The quantitative estimate of drug-likeness (QED) is 0.795. The van der Waals surface area contributed by atoms with E-state index in [-0.39, 0.29) is 10.9 Å². The van der Waals surface area contributed by atoms with Gasteiger partial charge in [0.05, 0.1) is 18.0 Å². The predicted octanol–water partition coefficient (Wildman–Crippen LogP) is -0.264. The van der Waals surface area contributed by atoms with Gasteiger partial charge in [-0.1, -0.05) is 0 Å². The van der Waals surface area contributed by atoms with Crippen LogP contribution in [0.5, 0.6) is 5.75 Å². The van der Waals surface area contributed by atoms with Crippen molar-refractivity contribution in [3.63, 3.8) is 0 Å². The average Bonchev–Trinajstić information content (AvgIpc) is 2.33. The largest absolute Gasteiger partial charge is 0.497 e. The van der Waals surface area contributed by atoms with Gasteiger partial charge in [0, 0.05) is 13.1 Å². The SMILES string of the molecule is COc1ccc(S(=O)(=O)NC2CN(C(N)=O)C2)cc1. The molecule has 0 radical (unpaired) electrons. The first-order valence-electron chi connectivity index (χ1n) is 5.63. The average molecular weight is 285 g/mol. The second kappa shape index (κ2) is 5.06. The van der Waals surface area contributed by atoms with Gasteiger partial charge in [0.15, 0.2) is 0 Å². The number of nitrogens with two attached hydrogens (primary N) is 1. The van der Waals surface area contributed by atoms with Crippen molar-refractivity contribution in [3.8, 4) is 5.75 Å². The maximum atomic E-state index is 12.0. The highest BCUT2D eigenvalue weighted by Crippen LogP contribution is 2.17. The minimum atomic E-state index is -3.58. The van der Waals surface area contributed by atoms with Crippen molar-refractivity contribution < 1.29 is 17.9 Å². The summed E-state index contributed by atoms with van der Waals surface area (Å²) in [6.07, 6.45) is 0. The fraction of sp³-hybridized carbons (Fsp3) is 0.364. The van der Waals surface area contributed by atoms with E-state index in [0.717, 1.165) is 0 Å². The third-order valence-corrected chi connectivity index (χ3v) is 4.42. The number of carbonyl (C=O) groups is 1. The summed E-state index contributed by atoms with van der Waals surface area (Å²) in [6.45, 7) is 0.593. The van der Waals surface area contributed by atoms with Gasteiger partial charge in [-0.3, -0.25) is 0 Å². The molecule has 1 fully saturated rings. The molecule has 0 aromatic heterocycles. The molecule has 1 aliphatic rings. The Morgan fingerprint density at radius 1 is 1.37 bits per heavy atom. The first-order valence-corrected chi connectivity index (χ1v) is 7.11. The summed E-state index contributed by atoms with van der Waals surface area (Å²) in [6, 6.07) is 5.24. The smallest absolute Gasteiger partial charge is 0.314 e. The van der Waals surface area contributed by atoms with Crippen LogP contribution in [0, 0.1) is 0 Å². The molecule has 1 saturated heterocycles. The van der Waals surface area contributed by atoms with E-state index < -0.39 is 16.1 Å². The van der Waals surface area contributed by atoms with Gasteiger partial charge < -0.3 is 15.4 Å². The molecule has 0 aliphatic carbocycles. The van der Waals surface area contributed by atoms with Gasteiger partial charge in [-0.25, -0.2) is 17.9 Å². The highest BCUT2D eigenvalue weighted by molar-refractivity contribution is 7.89. The number of primary amides is 1. The molecule has 8 heteroatoms. The number of urea groups is 1. The van der Waals surface area contributed by atoms with Crippen LogP contribution in [0.4, 0.5) is 4.79 Å². The first-order chi connectivity index (χ1) is 8.92. The number of benzene rings is 1. The lowest BCUT2D eigenvalue weighted by Crippen LogP contribution is -2.62. The number of rotatable bonds is 4. The number of nitrogens with zero attached hydrogens (tertiary/aromatic N) is 1. The van der Waals surface area contributed by atoms with Crippen LogP contribution in [0.25, 0.3) is 0 Å². The van der Waals surface area contributed by atoms with Crippen LogP contribution < -0.4 is 15.2 Å². The second-order valence-electron chi connectivity index (χ2n) is 4.24. The molecule has 0 spiro atoms. The Bertz CT molecular complexity index is 564. The van der Waals surface area contributed by atoms with Gasteiger partial charge >= 0.3 is 6.03 Å². The molecule has 0 atom stereocenters. The van der Waals surface area contributed by atoms with Crippen LogP contribution in [0.3, 0.4) is 0 Å². The summed E-state index contributed by atoms with van der Waals surface area (Å²) < 4.78 is 31.5. The number of hydrogen-bond acceptors (Lipinski definition) is 4. The summed E-state index contributed by atoms with van der Waals surface area (Å²) in [7, 11) is -2.07. The summed E-state index contributed by atoms with van der Waals surface area (Å²) in [5.41, 5.74) is 5.06. The van der Waals surface area contributed by atoms with Gasteiger partial charge in [-0.15, -0.1) is 0 Å². The normalized spacial score (nSPS) is 15.9. The number of sulfonamides is 1. The minimum absolute atomic E-state index is 0.158. The zero-order chi connectivity index (χ0) is 14.0. The Morgan fingerprint density at radius 3 is 2.42 bits per heavy atom. The first kappa shape index (κ1) is 13.6. The summed E-state index contributed by atoms with van der Waals surface area (Å²) >= 11 is 0. The maximum Gasteiger partial charge on any atom is 0.314 e. The van der Waals surface area contributed by atoms with Crippen molar-refractivity contribution in [2.24, 2.45) is 5.73 Å². The Balaban J connectivity index is 2.01. The van der Waals surface area contributed by atoms with Crippen molar-refractivity contribution in [2.45, 2.75) is 10.9 Å². The van der Waals surface area contributed by atoms with E-state index in [4.69, 9.17) is 10.5 Å². The van der Waals surface area contributed by atoms with E-state index in [1.165, 1.54) is 24.1 Å². The Labute approximate surface area is 111 Å². The molecule has 0 unspecified atom stereocenters. The lowest BCUT2D eigenvalue weighted by atomic mass is 10.1. The van der Waals surface area contributed by atoms with Gasteiger partial charge in [0.25, 0.3) is 0 Å². The van der Waals surface area contributed by atoms with Gasteiger partial charge in [0.2, 0.25) is 10.0 Å². The highest BCUT2D eigenvalue weighted by Gasteiger charge is 2.32. The number of likely N-dealkylation sites (tertiary alicyclic amines) is 1. The molecule has 1 aliphatic heterocycles. The number of amides is 2. The van der Waals surface area contributed by atoms with E-state index in [9.17, 15) is 13.2 Å². The van der Waals surface area contributed by atoms with Crippen molar-refractivity contribution in [1.29, 1.82) is 0 Å². The van der Waals surface area contributed by atoms with E-state index in [1.54, 1.807) is 12.1 Å². The van der Waals surface area contributed by atoms with Crippen molar-refractivity contribution >= 4 is 16.1 Å². The zero-order valence-corrected chi connectivity index (χ0v) is 11.2. The van der Waals surface area contributed by atoms with Gasteiger partial charge in [0.1, 0.15) is 5.75 Å². The maximum absolute atomic E-state index is 12.0. The van der Waals surface area contributed by atoms with Crippen LogP contribution in [0.1, 0.15) is 0 Å². The lowest BCUT2D eigenvalue weighted by molar-refractivity contribution is 0.155. The standard InChI is InChI=1S/C11H15N3O4S/c1-18-9-2-4-10(5-3-9)19(16,17)13-8-6-14(7-8)11(12)15/h2-5,8,13H,6-7H2,1H3,(H2,12,15). The van der Waals surface area contributed by atoms with Crippen molar-refractivity contribution in [3.05, 3.63) is 24.3 Å². The van der Waals surface area contributed by atoms with E-state index in [0.29, 0.717) is 18.8 Å². The molecular formula is C11H15N3O4S. The molecule has 2 amide bonds. The molecular weight excluding hydrogens is 270 g/mol. The predicted molar refractivity (Wildman–Crippen MR) is 68.3 cm³/mol. The molecule has 104 valence electrons. The van der Waals surface area contributed by atoms with Gasteiger partial charge in [-0.2, -0.15) is 0 Å². The fourth-order valence-corrected chi connectivity index (χ4v) is 2.99. The number of nitrogens with one attached hydrogen (secondary N) is 1. The molecule has 0 saturated carbocycles. The van der Waals surface area contributed by atoms with Crippen LogP contribution in [0.2, 0.25) is 0 Å². The lowest BCUT2D eigenvalue weighted by Gasteiger charge is -2.37. The Kier molecular flexibility index (Phi) is 3.63. The second-order valence-corrected chi connectivity index (χ2v) is 5.95. The van der Waals surface area contributed by atoms with Crippen LogP contribution in [-0.2, 0) is 10.0 Å². The number of hydrogen-bond donors (Lipinski definition) is 2. The summed E-state index contributed by atoms with van der Waals surface area (Å²) in [4.78, 5) is 12.3. The Morgan fingerprint density at radius 2 is 1.95 bits per heavy atom. The monoisotopic (exact) mass is 285 g/mol. The Hall–Kier alpha value is -1.80. The summed E-state index contributed by atoms with van der Waals surface area (Å²) in [5.74, 6) is 0.586. The highest BCUT2D eigenvalue weighted by atomic mass is 32.2. The van der Waals surface area contributed by atoms with E-state index in [1.807, 2.05) is 0 Å². The third-order valence-electron chi connectivity index (χ3n) is 2.88. The van der Waals surface area contributed by atoms with Crippen LogP contribution in [-0.4, -0.2) is 45.6 Å². The molecule has 19 heavy (non-hydrogen) atoms. The molecule has 1 heterocycles. The van der Waals surface area contributed by atoms with Gasteiger partial charge in [-0.05, 0) is 24.3 Å². The molecule has 2 rings (SSSR count).